The Bertz CT molecular complexity index is 1130. The van der Waals surface area contributed by atoms with E-state index in [1.807, 2.05) is 11.9 Å². The summed E-state index contributed by atoms with van der Waals surface area (Å²) in [5.74, 6) is 1.81. The minimum Gasteiger partial charge on any atom is -0.493 e. The summed E-state index contributed by atoms with van der Waals surface area (Å²) in [7, 11) is 6.59. The Kier molecular flexibility index (Phi) is 6.31. The maximum absolute atomic E-state index is 11.8. The fraction of sp³-hybridized carbons (Fsp3) is 0.364. The monoisotopic (exact) mass is 455 g/mol. The Morgan fingerprint density at radius 1 is 0.970 bits per heavy atom. The van der Waals surface area contributed by atoms with E-state index in [-0.39, 0.29) is 22.3 Å². The molecular formula is C22H25N5O6. The molecule has 0 atom stereocenters. The second-order valence-corrected chi connectivity index (χ2v) is 7.59. The molecule has 4 rings (SSSR count). The van der Waals surface area contributed by atoms with Gasteiger partial charge in [0, 0.05) is 43.4 Å². The lowest BCUT2D eigenvalue weighted by Crippen LogP contribution is -2.44. The van der Waals surface area contributed by atoms with E-state index in [2.05, 4.69) is 15.0 Å². The molecule has 0 bridgehead atoms. The van der Waals surface area contributed by atoms with Gasteiger partial charge in [-0.25, -0.2) is 0 Å². The number of anilines is 1. The van der Waals surface area contributed by atoms with Crippen LogP contribution in [0.1, 0.15) is 0 Å². The van der Waals surface area contributed by atoms with E-state index in [4.69, 9.17) is 18.7 Å². The van der Waals surface area contributed by atoms with E-state index < -0.39 is 0 Å². The van der Waals surface area contributed by atoms with Crippen molar-refractivity contribution in [1.29, 1.82) is 0 Å². The molecule has 0 radical (unpaired) electrons. The van der Waals surface area contributed by atoms with Crippen LogP contribution in [-0.2, 0) is 0 Å². The largest absolute Gasteiger partial charge is 0.493 e. The molecule has 0 amide bonds. The van der Waals surface area contributed by atoms with Gasteiger partial charge < -0.3 is 28.5 Å². The molecule has 2 aromatic carbocycles. The smallest absolute Gasteiger partial charge is 0.293 e. The number of nitrogens with zero attached hydrogens (tertiary/aromatic N) is 5. The molecule has 0 N–H and O–H groups in total. The summed E-state index contributed by atoms with van der Waals surface area (Å²) in [6, 6.07) is 8.37. The van der Waals surface area contributed by atoms with Crippen LogP contribution < -0.4 is 19.1 Å². The summed E-state index contributed by atoms with van der Waals surface area (Å²) in [5.41, 5.74) is 1.64. The topological polar surface area (TPSA) is 116 Å². The first-order valence-electron chi connectivity index (χ1n) is 10.3. The van der Waals surface area contributed by atoms with Gasteiger partial charge in [-0.15, -0.1) is 0 Å². The first kappa shape index (κ1) is 22.3. The van der Waals surface area contributed by atoms with Crippen molar-refractivity contribution in [3.05, 3.63) is 40.4 Å². The highest BCUT2D eigenvalue weighted by atomic mass is 16.6. The molecule has 1 saturated heterocycles. The molecule has 1 fully saturated rings. The van der Waals surface area contributed by atoms with Gasteiger partial charge in [0.05, 0.1) is 26.3 Å². The van der Waals surface area contributed by atoms with Gasteiger partial charge in [0.2, 0.25) is 11.6 Å². The summed E-state index contributed by atoms with van der Waals surface area (Å²) in [5, 5.41) is 15.8. The van der Waals surface area contributed by atoms with Gasteiger partial charge in [-0.2, -0.15) is 4.98 Å². The van der Waals surface area contributed by atoms with Crippen LogP contribution in [0.3, 0.4) is 0 Å². The zero-order chi connectivity index (χ0) is 23.5. The molecule has 0 spiro atoms. The highest BCUT2D eigenvalue weighted by Gasteiger charge is 2.25. The van der Waals surface area contributed by atoms with Crippen LogP contribution in [0.2, 0.25) is 0 Å². The van der Waals surface area contributed by atoms with Gasteiger partial charge in [0.1, 0.15) is 5.69 Å². The quantitative estimate of drug-likeness (QED) is 0.389. The molecule has 1 aliphatic rings. The van der Waals surface area contributed by atoms with Crippen molar-refractivity contribution in [2.45, 2.75) is 0 Å². The molecule has 11 nitrogen and oxygen atoms in total. The fourth-order valence-electron chi connectivity index (χ4n) is 3.79. The fourth-order valence-corrected chi connectivity index (χ4v) is 3.79. The van der Waals surface area contributed by atoms with Crippen molar-refractivity contribution < 1.29 is 23.7 Å². The number of piperazine rings is 1. The van der Waals surface area contributed by atoms with Gasteiger partial charge >= 0.3 is 0 Å². The van der Waals surface area contributed by atoms with Crippen LogP contribution in [0.25, 0.3) is 22.8 Å². The number of benzene rings is 2. The van der Waals surface area contributed by atoms with E-state index >= 15 is 0 Å². The highest BCUT2D eigenvalue weighted by molar-refractivity contribution is 5.72. The second-order valence-electron chi connectivity index (χ2n) is 7.59. The van der Waals surface area contributed by atoms with Crippen LogP contribution in [-0.4, -0.2) is 74.5 Å². The summed E-state index contributed by atoms with van der Waals surface area (Å²) in [4.78, 5) is 20.1. The number of ether oxygens (including phenoxy) is 3. The number of hydrogen-bond acceptors (Lipinski definition) is 10. The molecular weight excluding hydrogens is 430 g/mol. The summed E-state index contributed by atoms with van der Waals surface area (Å²) < 4.78 is 21.5. The van der Waals surface area contributed by atoms with Crippen LogP contribution in [0.5, 0.6) is 17.2 Å². The van der Waals surface area contributed by atoms with Crippen LogP contribution in [0, 0.1) is 10.1 Å². The highest BCUT2D eigenvalue weighted by Crippen LogP contribution is 2.41. The predicted octanol–water partition coefficient (Wildman–Crippen LogP) is 3.09. The lowest BCUT2D eigenvalue weighted by atomic mass is 10.1. The minimum absolute atomic E-state index is 0.00425. The number of nitro benzene ring substituents is 1. The lowest BCUT2D eigenvalue weighted by molar-refractivity contribution is -0.384. The second kappa shape index (κ2) is 9.33. The Labute approximate surface area is 190 Å². The van der Waals surface area contributed by atoms with E-state index in [0.717, 1.165) is 26.2 Å². The standard InChI is InChI=1S/C22H25N5O6/c1-25-7-9-26(10-8-25)16-6-5-14(11-17(16)27(28)29)22-23-21(24-33-22)15-12-18(30-2)20(32-4)19(13-15)31-3/h5-6,11-13H,7-10H2,1-4H3. The Hall–Kier alpha value is -3.86. The first-order chi connectivity index (χ1) is 15.9. The SMILES string of the molecule is COc1cc(-c2noc(-c3ccc(N4CCN(C)CC4)c([N+](=O)[O-])c3)n2)cc(OC)c1OC. The van der Waals surface area contributed by atoms with Gasteiger partial charge in [-0.05, 0) is 31.3 Å². The van der Waals surface area contributed by atoms with Gasteiger partial charge in [0.25, 0.3) is 11.6 Å². The zero-order valence-electron chi connectivity index (χ0n) is 18.9. The molecule has 11 heteroatoms. The van der Waals surface area contributed by atoms with Gasteiger partial charge in [-0.3, -0.25) is 10.1 Å². The van der Waals surface area contributed by atoms with Gasteiger partial charge in [0.15, 0.2) is 11.5 Å². The average Bonchev–Trinajstić information content (AvgIpc) is 3.33. The van der Waals surface area contributed by atoms with Crippen LogP contribution >= 0.6 is 0 Å². The number of hydrogen-bond donors (Lipinski definition) is 0. The van der Waals surface area contributed by atoms with E-state index in [1.165, 1.54) is 27.4 Å². The van der Waals surface area contributed by atoms with Crippen molar-refractivity contribution in [1.82, 2.24) is 15.0 Å². The maximum Gasteiger partial charge on any atom is 0.293 e. The van der Waals surface area contributed by atoms with Crippen molar-refractivity contribution in [3.8, 4) is 40.1 Å². The molecule has 2 heterocycles. The number of methoxy groups -OCH3 is 3. The Morgan fingerprint density at radius 3 is 2.21 bits per heavy atom. The zero-order valence-corrected chi connectivity index (χ0v) is 18.9. The Balaban J connectivity index is 1.68. The van der Waals surface area contributed by atoms with Gasteiger partial charge in [-0.1, -0.05) is 5.16 Å². The van der Waals surface area contributed by atoms with Crippen molar-refractivity contribution >= 4 is 11.4 Å². The molecule has 33 heavy (non-hydrogen) atoms. The minimum atomic E-state index is -0.381. The number of rotatable bonds is 7. The van der Waals surface area contributed by atoms with E-state index in [0.29, 0.717) is 34.1 Å². The maximum atomic E-state index is 11.8. The van der Waals surface area contributed by atoms with Crippen molar-refractivity contribution in [2.24, 2.45) is 0 Å². The molecule has 0 aliphatic carbocycles. The molecule has 0 saturated carbocycles. The third-order valence-corrected chi connectivity index (χ3v) is 5.61. The molecule has 3 aromatic rings. The van der Waals surface area contributed by atoms with Crippen LogP contribution in [0.15, 0.2) is 34.9 Å². The number of likely N-dealkylation sites (N-methyl/N-ethyl adjacent to an activating group) is 1. The molecule has 1 aliphatic heterocycles. The Morgan fingerprint density at radius 2 is 1.64 bits per heavy atom. The van der Waals surface area contributed by atoms with Crippen LogP contribution in [0.4, 0.5) is 11.4 Å². The molecule has 1 aromatic heterocycles. The predicted molar refractivity (Wildman–Crippen MR) is 121 cm³/mol. The third-order valence-electron chi connectivity index (χ3n) is 5.61. The van der Waals surface area contributed by atoms with E-state index in [1.54, 1.807) is 24.3 Å². The number of aromatic nitrogens is 2. The van der Waals surface area contributed by atoms with Crippen molar-refractivity contribution in [3.63, 3.8) is 0 Å². The van der Waals surface area contributed by atoms with Crippen molar-refractivity contribution in [2.75, 3.05) is 59.5 Å². The average molecular weight is 455 g/mol. The summed E-state index contributed by atoms with van der Waals surface area (Å²) in [6.07, 6.45) is 0. The molecule has 0 unspecified atom stereocenters. The normalized spacial score (nSPS) is 14.2. The first-order valence-corrected chi connectivity index (χ1v) is 10.3. The number of nitro groups is 1. The third kappa shape index (κ3) is 4.40. The lowest BCUT2D eigenvalue weighted by Gasteiger charge is -2.33. The summed E-state index contributed by atoms with van der Waals surface area (Å²) in [6.45, 7) is 3.15. The summed E-state index contributed by atoms with van der Waals surface area (Å²) >= 11 is 0. The van der Waals surface area contributed by atoms with E-state index in [9.17, 15) is 10.1 Å². The molecule has 174 valence electrons.